The maximum Gasteiger partial charge on any atom is 0.405 e. The molecule has 0 heterocycles. The zero-order valence-corrected chi connectivity index (χ0v) is 9.24. The van der Waals surface area contributed by atoms with E-state index in [0.29, 0.717) is 13.2 Å². The Bertz CT molecular complexity index is 211. The Morgan fingerprint density at radius 1 is 1.19 bits per heavy atom. The molecule has 0 bridgehead atoms. The first-order chi connectivity index (χ1) is 7.66. The number of carbonyl (C=O) groups is 2. The number of nitrogens with one attached hydrogen (secondary N) is 1. The molecule has 0 saturated carbocycles. The van der Waals surface area contributed by atoms with Gasteiger partial charge < -0.3 is 26.3 Å². The van der Waals surface area contributed by atoms with Crippen molar-refractivity contribution in [3.05, 3.63) is 0 Å². The summed E-state index contributed by atoms with van der Waals surface area (Å²) in [5, 5.41) is 2.41. The first kappa shape index (κ1) is 14.7. The Balaban J connectivity index is 3.18. The maximum absolute atomic E-state index is 10.9. The van der Waals surface area contributed by atoms with E-state index in [2.05, 4.69) is 15.8 Å². The van der Waals surface area contributed by atoms with Crippen molar-refractivity contribution in [3.63, 3.8) is 0 Å². The Hall–Kier alpha value is -1.34. The molecule has 7 nitrogen and oxygen atoms in total. The molecule has 5 N–H and O–H groups in total. The topological polar surface area (TPSA) is 117 Å². The molecule has 0 spiro atoms. The average Bonchev–Trinajstić information content (AvgIpc) is 2.25. The first-order valence-electron chi connectivity index (χ1n) is 5.13. The summed E-state index contributed by atoms with van der Waals surface area (Å²) >= 11 is 0. The molecule has 0 aromatic heterocycles. The number of unbranched alkanes of at least 4 members (excludes halogenated alkanes) is 2. The molecule has 0 aliphatic heterocycles. The summed E-state index contributed by atoms with van der Waals surface area (Å²) in [6, 6.07) is 0. The van der Waals surface area contributed by atoms with Crippen LogP contribution in [-0.2, 0) is 14.3 Å². The van der Waals surface area contributed by atoms with E-state index in [0.717, 1.165) is 19.3 Å². The van der Waals surface area contributed by atoms with Gasteiger partial charge in [0.05, 0.1) is 0 Å². The quantitative estimate of drug-likeness (QED) is 0.359. The van der Waals surface area contributed by atoms with E-state index in [-0.39, 0.29) is 13.3 Å². The number of primary amides is 1. The first-order valence-corrected chi connectivity index (χ1v) is 5.13. The number of carbonyl (C=O) groups excluding carboxylic acids is 2. The second-order valence-electron chi connectivity index (χ2n) is 3.11. The number of hydrogen-bond donors (Lipinski definition) is 3. The van der Waals surface area contributed by atoms with Crippen LogP contribution in [0.2, 0.25) is 0 Å². The van der Waals surface area contributed by atoms with Crippen LogP contribution in [0.3, 0.4) is 0 Å². The molecule has 0 atom stereocenters. The van der Waals surface area contributed by atoms with Crippen molar-refractivity contribution in [2.24, 2.45) is 11.5 Å². The van der Waals surface area contributed by atoms with Gasteiger partial charge in [0.1, 0.15) is 6.73 Å². The van der Waals surface area contributed by atoms with Crippen molar-refractivity contribution in [3.8, 4) is 0 Å². The summed E-state index contributed by atoms with van der Waals surface area (Å²) in [5.74, 6) is -0.444. The highest BCUT2D eigenvalue weighted by Crippen LogP contribution is 1.92. The fourth-order valence-electron chi connectivity index (χ4n) is 0.917. The van der Waals surface area contributed by atoms with Gasteiger partial charge in [-0.15, -0.1) is 0 Å². The van der Waals surface area contributed by atoms with Crippen molar-refractivity contribution >= 4 is 12.0 Å². The number of amides is 2. The van der Waals surface area contributed by atoms with Crippen molar-refractivity contribution < 1.29 is 19.1 Å². The van der Waals surface area contributed by atoms with E-state index in [4.69, 9.17) is 10.5 Å². The van der Waals surface area contributed by atoms with Crippen molar-refractivity contribution in [1.29, 1.82) is 0 Å². The third-order valence-corrected chi connectivity index (χ3v) is 1.71. The van der Waals surface area contributed by atoms with Crippen LogP contribution < -0.4 is 16.8 Å². The van der Waals surface area contributed by atoms with Gasteiger partial charge in [0, 0.05) is 6.61 Å². The zero-order valence-electron chi connectivity index (χ0n) is 9.24. The van der Waals surface area contributed by atoms with Gasteiger partial charge >= 0.3 is 6.09 Å². The monoisotopic (exact) mass is 233 g/mol. The number of rotatable bonds is 9. The van der Waals surface area contributed by atoms with Gasteiger partial charge in [0.15, 0.2) is 6.61 Å². The standard InChI is InChI=1S/C9H19N3O4/c10-4-2-1-3-5-15-7-12-8(13)6-16-9(11)14/h1-7,10H2,(H2,11,14)(H,12,13). The van der Waals surface area contributed by atoms with Gasteiger partial charge in [0.25, 0.3) is 5.91 Å². The molecule has 0 radical (unpaired) electrons. The highest BCUT2D eigenvalue weighted by molar-refractivity contribution is 5.79. The van der Waals surface area contributed by atoms with Gasteiger partial charge in [-0.1, -0.05) is 0 Å². The molecule has 0 unspecified atom stereocenters. The summed E-state index contributed by atoms with van der Waals surface area (Å²) in [6.07, 6.45) is 1.92. The van der Waals surface area contributed by atoms with Crippen LogP contribution >= 0.6 is 0 Å². The van der Waals surface area contributed by atoms with Crippen LogP contribution in [0.15, 0.2) is 0 Å². The molecule has 0 rings (SSSR count). The second-order valence-corrected chi connectivity index (χ2v) is 3.11. The van der Waals surface area contributed by atoms with Crippen LogP contribution in [0.4, 0.5) is 4.79 Å². The van der Waals surface area contributed by atoms with Crippen LogP contribution in [0.1, 0.15) is 19.3 Å². The number of ether oxygens (including phenoxy) is 2. The molecular formula is C9H19N3O4. The summed E-state index contributed by atoms with van der Waals surface area (Å²) in [5.41, 5.74) is 10.00. The van der Waals surface area contributed by atoms with Crippen molar-refractivity contribution in [2.75, 3.05) is 26.5 Å². The van der Waals surface area contributed by atoms with Crippen LogP contribution in [-0.4, -0.2) is 38.5 Å². The molecule has 0 aliphatic carbocycles. The largest absolute Gasteiger partial charge is 0.440 e. The molecule has 0 aliphatic rings. The van der Waals surface area contributed by atoms with Crippen molar-refractivity contribution in [2.45, 2.75) is 19.3 Å². The van der Waals surface area contributed by atoms with Crippen LogP contribution in [0, 0.1) is 0 Å². The molecule has 2 amide bonds. The van der Waals surface area contributed by atoms with Gasteiger partial charge in [-0.25, -0.2) is 4.79 Å². The second kappa shape index (κ2) is 10.2. The lowest BCUT2D eigenvalue weighted by atomic mass is 10.2. The third kappa shape index (κ3) is 10.7. The van der Waals surface area contributed by atoms with Gasteiger partial charge in [-0.3, -0.25) is 4.79 Å². The van der Waals surface area contributed by atoms with E-state index in [1.807, 2.05) is 0 Å². The van der Waals surface area contributed by atoms with E-state index in [1.54, 1.807) is 0 Å². The molecule has 0 aromatic carbocycles. The highest BCUT2D eigenvalue weighted by Gasteiger charge is 2.02. The predicted molar refractivity (Wildman–Crippen MR) is 57.4 cm³/mol. The van der Waals surface area contributed by atoms with Gasteiger partial charge in [0.2, 0.25) is 0 Å². The molecule has 0 aromatic rings. The fraction of sp³-hybridized carbons (Fsp3) is 0.778. The SMILES string of the molecule is NCCCCCOCNC(=O)COC(N)=O. The molecular weight excluding hydrogens is 214 g/mol. The summed E-state index contributed by atoms with van der Waals surface area (Å²) in [7, 11) is 0. The predicted octanol–water partition coefficient (Wildman–Crippen LogP) is -0.699. The Morgan fingerprint density at radius 2 is 1.94 bits per heavy atom. The highest BCUT2D eigenvalue weighted by atomic mass is 16.5. The van der Waals surface area contributed by atoms with Crippen molar-refractivity contribution in [1.82, 2.24) is 5.32 Å². The van der Waals surface area contributed by atoms with Gasteiger partial charge in [-0.05, 0) is 25.8 Å². The Kier molecular flexibility index (Phi) is 9.33. The van der Waals surface area contributed by atoms with E-state index in [9.17, 15) is 9.59 Å². The fourth-order valence-corrected chi connectivity index (χ4v) is 0.917. The van der Waals surface area contributed by atoms with E-state index < -0.39 is 12.0 Å². The Morgan fingerprint density at radius 3 is 2.56 bits per heavy atom. The van der Waals surface area contributed by atoms with E-state index in [1.165, 1.54) is 0 Å². The molecule has 0 saturated heterocycles. The number of hydrogen-bond acceptors (Lipinski definition) is 5. The molecule has 94 valence electrons. The normalized spacial score (nSPS) is 9.81. The van der Waals surface area contributed by atoms with E-state index >= 15 is 0 Å². The lowest BCUT2D eigenvalue weighted by molar-refractivity contribution is -0.125. The summed E-state index contributed by atoms with van der Waals surface area (Å²) in [6.45, 7) is 0.966. The summed E-state index contributed by atoms with van der Waals surface area (Å²) in [4.78, 5) is 21.1. The van der Waals surface area contributed by atoms with Gasteiger partial charge in [-0.2, -0.15) is 0 Å². The maximum atomic E-state index is 10.9. The molecule has 7 heteroatoms. The Labute approximate surface area is 94.4 Å². The lowest BCUT2D eigenvalue weighted by Gasteiger charge is -2.06. The zero-order chi connectivity index (χ0) is 12.2. The minimum absolute atomic E-state index is 0.101. The van der Waals surface area contributed by atoms with Crippen LogP contribution in [0.5, 0.6) is 0 Å². The third-order valence-electron chi connectivity index (χ3n) is 1.71. The molecule has 0 fully saturated rings. The van der Waals surface area contributed by atoms with Crippen LogP contribution in [0.25, 0.3) is 0 Å². The average molecular weight is 233 g/mol. The summed E-state index contributed by atoms with van der Waals surface area (Å²) < 4.78 is 9.38. The lowest BCUT2D eigenvalue weighted by Crippen LogP contribution is -2.31. The molecule has 16 heavy (non-hydrogen) atoms. The smallest absolute Gasteiger partial charge is 0.405 e. The minimum Gasteiger partial charge on any atom is -0.440 e. The number of nitrogens with two attached hydrogens (primary N) is 2. The minimum atomic E-state index is -0.974.